The topological polar surface area (TPSA) is 20.3 Å². The van der Waals surface area contributed by atoms with Crippen molar-refractivity contribution in [2.75, 3.05) is 6.54 Å². The molecule has 0 aromatic heterocycles. The van der Waals surface area contributed by atoms with Gasteiger partial charge in [0, 0.05) is 12.6 Å². The van der Waals surface area contributed by atoms with Gasteiger partial charge in [-0.2, -0.15) is 0 Å². The van der Waals surface area contributed by atoms with E-state index in [1.807, 2.05) is 4.90 Å². The first-order chi connectivity index (χ1) is 8.24. The third-order valence-electron chi connectivity index (χ3n) is 3.11. The van der Waals surface area contributed by atoms with E-state index < -0.39 is 5.82 Å². The minimum atomic E-state index is -0.417. The highest BCUT2D eigenvalue weighted by atomic mass is 19.1. The van der Waals surface area contributed by atoms with Crippen LogP contribution in [0.2, 0.25) is 0 Å². The quantitative estimate of drug-likeness (QED) is 0.767. The van der Waals surface area contributed by atoms with Gasteiger partial charge in [0.15, 0.2) is 0 Å². The molecule has 1 aromatic rings. The van der Waals surface area contributed by atoms with Gasteiger partial charge < -0.3 is 4.90 Å². The number of rotatable bonds is 5. The van der Waals surface area contributed by atoms with Crippen LogP contribution in [0.15, 0.2) is 24.3 Å². The van der Waals surface area contributed by atoms with E-state index in [9.17, 15) is 9.18 Å². The van der Waals surface area contributed by atoms with E-state index in [2.05, 4.69) is 6.92 Å². The highest BCUT2D eigenvalue weighted by molar-refractivity contribution is 5.94. The van der Waals surface area contributed by atoms with Crippen LogP contribution in [0.5, 0.6) is 0 Å². The zero-order chi connectivity index (χ0) is 12.3. The number of hydrogen-bond donors (Lipinski definition) is 0. The largest absolute Gasteiger partial charge is 0.336 e. The molecule has 0 unspecified atom stereocenters. The summed E-state index contributed by atoms with van der Waals surface area (Å²) in [6, 6.07) is 6.58. The van der Waals surface area contributed by atoms with Crippen LogP contribution >= 0.6 is 0 Å². The van der Waals surface area contributed by atoms with Crippen molar-refractivity contribution < 1.29 is 9.18 Å². The van der Waals surface area contributed by atoms with Crippen molar-refractivity contribution in [1.29, 1.82) is 0 Å². The minimum Gasteiger partial charge on any atom is -0.336 e. The maximum Gasteiger partial charge on any atom is 0.257 e. The van der Waals surface area contributed by atoms with Crippen LogP contribution in [-0.2, 0) is 0 Å². The zero-order valence-electron chi connectivity index (χ0n) is 10.2. The Morgan fingerprint density at radius 2 is 2.12 bits per heavy atom. The molecule has 0 radical (unpaired) electrons. The summed E-state index contributed by atoms with van der Waals surface area (Å²) in [5.41, 5.74) is 0.204. The average molecular weight is 235 g/mol. The molecule has 2 nitrogen and oxygen atoms in total. The molecule has 1 fully saturated rings. The van der Waals surface area contributed by atoms with Crippen LogP contribution in [-0.4, -0.2) is 23.4 Å². The van der Waals surface area contributed by atoms with Gasteiger partial charge in [0.1, 0.15) is 5.82 Å². The molecule has 2 rings (SSSR count). The highest BCUT2D eigenvalue weighted by Crippen LogP contribution is 2.29. The van der Waals surface area contributed by atoms with Crippen molar-refractivity contribution in [3.63, 3.8) is 0 Å². The molecule has 3 heteroatoms. The van der Waals surface area contributed by atoms with E-state index in [1.165, 1.54) is 6.07 Å². The van der Waals surface area contributed by atoms with Gasteiger partial charge in [-0.15, -0.1) is 0 Å². The summed E-state index contributed by atoms with van der Waals surface area (Å²) in [7, 11) is 0. The number of carbonyl (C=O) groups is 1. The minimum absolute atomic E-state index is 0.154. The molecule has 0 aliphatic heterocycles. The van der Waals surface area contributed by atoms with Crippen molar-refractivity contribution in [3.8, 4) is 0 Å². The Labute approximate surface area is 101 Å². The Morgan fingerprint density at radius 3 is 2.71 bits per heavy atom. The fraction of sp³-hybridized carbons (Fsp3) is 0.500. The number of amides is 1. The summed E-state index contributed by atoms with van der Waals surface area (Å²) >= 11 is 0. The Hall–Kier alpha value is -1.38. The van der Waals surface area contributed by atoms with Gasteiger partial charge in [-0.3, -0.25) is 4.79 Å². The standard InChI is InChI=1S/C14H18FNO/c1-2-3-10-16(11-8-9-11)14(17)12-6-4-5-7-13(12)15/h4-7,11H,2-3,8-10H2,1H3. The Kier molecular flexibility index (Phi) is 3.77. The first-order valence-electron chi connectivity index (χ1n) is 6.29. The van der Waals surface area contributed by atoms with Crippen molar-refractivity contribution >= 4 is 5.91 Å². The first kappa shape index (κ1) is 12.1. The van der Waals surface area contributed by atoms with Crippen molar-refractivity contribution in [2.24, 2.45) is 0 Å². The van der Waals surface area contributed by atoms with Gasteiger partial charge in [0.2, 0.25) is 0 Å². The Morgan fingerprint density at radius 1 is 1.41 bits per heavy atom. The molecule has 0 saturated heterocycles. The van der Waals surface area contributed by atoms with Crippen LogP contribution in [0.25, 0.3) is 0 Å². The first-order valence-corrected chi connectivity index (χ1v) is 6.29. The van der Waals surface area contributed by atoms with E-state index in [4.69, 9.17) is 0 Å². The number of nitrogens with zero attached hydrogens (tertiary/aromatic N) is 1. The van der Waals surface area contributed by atoms with E-state index in [0.29, 0.717) is 6.04 Å². The second-order valence-corrected chi connectivity index (χ2v) is 4.56. The van der Waals surface area contributed by atoms with E-state index in [1.54, 1.807) is 18.2 Å². The molecule has 0 bridgehead atoms. The molecular weight excluding hydrogens is 217 g/mol. The van der Waals surface area contributed by atoms with Gasteiger partial charge in [-0.05, 0) is 31.4 Å². The molecule has 1 aliphatic carbocycles. The Balaban J connectivity index is 2.13. The summed E-state index contributed by atoms with van der Waals surface area (Å²) < 4.78 is 13.6. The zero-order valence-corrected chi connectivity index (χ0v) is 10.2. The summed E-state index contributed by atoms with van der Waals surface area (Å²) in [6.45, 7) is 2.84. The maximum absolute atomic E-state index is 13.6. The van der Waals surface area contributed by atoms with E-state index >= 15 is 0 Å². The van der Waals surface area contributed by atoms with Crippen LogP contribution in [0.3, 0.4) is 0 Å². The van der Waals surface area contributed by atoms with Gasteiger partial charge in [-0.25, -0.2) is 4.39 Å². The number of halogens is 1. The lowest BCUT2D eigenvalue weighted by molar-refractivity contribution is 0.0736. The molecule has 0 heterocycles. The third kappa shape index (κ3) is 2.84. The predicted octanol–water partition coefficient (Wildman–Crippen LogP) is 3.23. The molecular formula is C14H18FNO. The van der Waals surface area contributed by atoms with Crippen molar-refractivity contribution in [1.82, 2.24) is 4.90 Å². The fourth-order valence-corrected chi connectivity index (χ4v) is 1.95. The molecule has 0 atom stereocenters. The molecule has 1 amide bonds. The third-order valence-corrected chi connectivity index (χ3v) is 3.11. The number of carbonyl (C=O) groups excluding carboxylic acids is 1. The SMILES string of the molecule is CCCCN(C(=O)c1ccccc1F)C1CC1. The van der Waals surface area contributed by atoms with E-state index in [-0.39, 0.29) is 11.5 Å². The summed E-state index contributed by atoms with van der Waals surface area (Å²) in [5, 5.41) is 0. The summed E-state index contributed by atoms with van der Waals surface area (Å²) in [6.07, 6.45) is 4.15. The number of benzene rings is 1. The smallest absolute Gasteiger partial charge is 0.257 e. The number of unbranched alkanes of at least 4 members (excludes halogenated alkanes) is 1. The van der Waals surface area contributed by atoms with Gasteiger partial charge in [-0.1, -0.05) is 25.5 Å². The Bertz CT molecular complexity index is 401. The second kappa shape index (κ2) is 5.30. The van der Waals surface area contributed by atoms with Crippen LogP contribution in [0.1, 0.15) is 43.0 Å². The molecule has 1 aliphatic rings. The van der Waals surface area contributed by atoms with E-state index in [0.717, 1.165) is 32.2 Å². The van der Waals surface area contributed by atoms with Crippen LogP contribution in [0.4, 0.5) is 4.39 Å². The molecule has 0 spiro atoms. The van der Waals surface area contributed by atoms with Crippen molar-refractivity contribution in [3.05, 3.63) is 35.6 Å². The molecule has 17 heavy (non-hydrogen) atoms. The lowest BCUT2D eigenvalue weighted by Gasteiger charge is -2.22. The molecule has 92 valence electrons. The predicted molar refractivity (Wildman–Crippen MR) is 65.4 cm³/mol. The average Bonchev–Trinajstić information content (AvgIpc) is 3.14. The lowest BCUT2D eigenvalue weighted by atomic mass is 10.1. The fourth-order valence-electron chi connectivity index (χ4n) is 1.95. The summed E-state index contributed by atoms with van der Waals surface area (Å²) in [5.74, 6) is -0.571. The van der Waals surface area contributed by atoms with Crippen LogP contribution in [0, 0.1) is 5.82 Å². The molecule has 1 aromatic carbocycles. The van der Waals surface area contributed by atoms with Gasteiger partial charge in [0.25, 0.3) is 5.91 Å². The number of hydrogen-bond acceptors (Lipinski definition) is 1. The lowest BCUT2D eigenvalue weighted by Crippen LogP contribution is -2.34. The maximum atomic E-state index is 13.6. The van der Waals surface area contributed by atoms with Gasteiger partial charge in [0.05, 0.1) is 5.56 Å². The highest BCUT2D eigenvalue weighted by Gasteiger charge is 2.33. The van der Waals surface area contributed by atoms with Crippen LogP contribution < -0.4 is 0 Å². The van der Waals surface area contributed by atoms with Gasteiger partial charge >= 0.3 is 0 Å². The normalized spacial score (nSPS) is 14.7. The summed E-state index contributed by atoms with van der Waals surface area (Å²) in [4.78, 5) is 14.1. The molecule has 0 N–H and O–H groups in total. The van der Waals surface area contributed by atoms with Crippen molar-refractivity contribution in [2.45, 2.75) is 38.6 Å². The monoisotopic (exact) mass is 235 g/mol. The molecule has 1 saturated carbocycles. The second-order valence-electron chi connectivity index (χ2n) is 4.56.